The number of nitrogens with one attached hydrogen (secondary N) is 1. The number of hydrogen-bond donors (Lipinski definition) is 2. The average Bonchev–Trinajstić information content (AvgIpc) is 2.84. The zero-order chi connectivity index (χ0) is 16.4. The van der Waals surface area contributed by atoms with E-state index in [4.69, 9.17) is 5.73 Å². The van der Waals surface area contributed by atoms with Crippen molar-refractivity contribution >= 4 is 40.6 Å². The normalized spacial score (nSPS) is 13.7. The molecule has 3 N–H and O–H groups in total. The Morgan fingerprint density at radius 3 is 2.67 bits per heavy atom. The quantitative estimate of drug-likeness (QED) is 0.873. The lowest BCUT2D eigenvalue weighted by Gasteiger charge is -2.22. The second-order valence-electron chi connectivity index (χ2n) is 5.77. The van der Waals surface area contributed by atoms with E-state index in [1.165, 1.54) is 11.3 Å². The van der Waals surface area contributed by atoms with Crippen molar-refractivity contribution in [2.24, 2.45) is 5.73 Å². The lowest BCUT2D eigenvalue weighted by molar-refractivity contribution is -0.115. The summed E-state index contributed by atoms with van der Waals surface area (Å²) in [5.41, 5.74) is 7.97. The molecular weight excluding hydrogens is 346 g/mol. The number of amides is 2. The molecule has 2 heterocycles. The minimum atomic E-state index is -0.470. The number of benzene rings is 1. The number of likely N-dealkylation sites (N-methyl/N-ethyl adjacent to an activating group) is 1. The predicted octanol–water partition coefficient (Wildman–Crippen LogP) is 2.44. The maximum atomic E-state index is 12.3. The second-order valence-corrected chi connectivity index (χ2v) is 6.88. The molecule has 1 aromatic carbocycles. The SMILES string of the molecule is CN1CCc2c(sc(NC(=O)Cc3ccccc3)c2C(N)=O)C1.Cl. The van der Waals surface area contributed by atoms with Crippen molar-refractivity contribution < 1.29 is 9.59 Å². The maximum absolute atomic E-state index is 12.3. The Bertz CT molecular complexity index is 746. The molecule has 0 saturated heterocycles. The number of hydrogen-bond acceptors (Lipinski definition) is 4. The van der Waals surface area contributed by atoms with Crippen LogP contribution in [0.1, 0.15) is 26.4 Å². The van der Waals surface area contributed by atoms with Gasteiger partial charge in [-0.3, -0.25) is 9.59 Å². The van der Waals surface area contributed by atoms with E-state index in [1.54, 1.807) is 0 Å². The second kappa shape index (κ2) is 7.79. The van der Waals surface area contributed by atoms with Gasteiger partial charge in [0, 0.05) is 18.0 Å². The van der Waals surface area contributed by atoms with Crippen molar-refractivity contribution in [3.63, 3.8) is 0 Å². The van der Waals surface area contributed by atoms with E-state index in [0.29, 0.717) is 10.6 Å². The minimum Gasteiger partial charge on any atom is -0.365 e. The van der Waals surface area contributed by atoms with Crippen LogP contribution < -0.4 is 11.1 Å². The predicted molar refractivity (Wildman–Crippen MR) is 98.9 cm³/mol. The molecule has 0 aliphatic carbocycles. The average molecular weight is 366 g/mol. The van der Waals surface area contributed by atoms with Crippen LogP contribution in [0.4, 0.5) is 5.00 Å². The van der Waals surface area contributed by atoms with Crippen LogP contribution in [-0.2, 0) is 24.2 Å². The summed E-state index contributed by atoms with van der Waals surface area (Å²) in [4.78, 5) is 27.4. The van der Waals surface area contributed by atoms with Crippen LogP contribution in [0.15, 0.2) is 30.3 Å². The number of carbonyl (C=O) groups is 2. The van der Waals surface area contributed by atoms with Crippen molar-refractivity contribution in [1.29, 1.82) is 0 Å². The number of nitrogens with two attached hydrogens (primary N) is 1. The summed E-state index contributed by atoms with van der Waals surface area (Å²) >= 11 is 1.46. The van der Waals surface area contributed by atoms with Crippen molar-refractivity contribution in [2.45, 2.75) is 19.4 Å². The highest BCUT2D eigenvalue weighted by Gasteiger charge is 2.26. The highest BCUT2D eigenvalue weighted by atomic mass is 35.5. The van der Waals surface area contributed by atoms with Gasteiger partial charge in [-0.1, -0.05) is 30.3 Å². The Balaban J connectivity index is 0.00000208. The van der Waals surface area contributed by atoms with Gasteiger partial charge in [0.2, 0.25) is 5.91 Å². The summed E-state index contributed by atoms with van der Waals surface area (Å²) in [5.74, 6) is -0.604. The van der Waals surface area contributed by atoms with Crippen LogP contribution in [0.5, 0.6) is 0 Å². The van der Waals surface area contributed by atoms with Gasteiger partial charge < -0.3 is 16.0 Å². The number of anilines is 1. The van der Waals surface area contributed by atoms with E-state index in [9.17, 15) is 9.59 Å². The zero-order valence-electron chi connectivity index (χ0n) is 13.4. The molecule has 0 bridgehead atoms. The fourth-order valence-corrected chi connectivity index (χ4v) is 4.18. The van der Waals surface area contributed by atoms with Crippen LogP contribution >= 0.6 is 23.7 Å². The molecule has 2 amide bonds. The van der Waals surface area contributed by atoms with Gasteiger partial charge in [-0.15, -0.1) is 23.7 Å². The first-order chi connectivity index (χ1) is 11.0. The van der Waals surface area contributed by atoms with E-state index in [-0.39, 0.29) is 24.7 Å². The van der Waals surface area contributed by atoms with Crippen LogP contribution in [0.25, 0.3) is 0 Å². The Morgan fingerprint density at radius 1 is 1.29 bits per heavy atom. The van der Waals surface area contributed by atoms with Gasteiger partial charge in [-0.25, -0.2) is 0 Å². The van der Waals surface area contributed by atoms with E-state index in [2.05, 4.69) is 10.2 Å². The molecule has 0 radical (unpaired) electrons. The van der Waals surface area contributed by atoms with Crippen molar-refractivity contribution in [3.05, 3.63) is 51.9 Å². The topological polar surface area (TPSA) is 75.4 Å². The Hall–Kier alpha value is -1.89. The minimum absolute atomic E-state index is 0. The first-order valence-corrected chi connectivity index (χ1v) is 8.33. The number of thiophene rings is 1. The molecule has 1 aliphatic rings. The molecule has 1 aromatic heterocycles. The molecule has 128 valence electrons. The molecule has 2 aromatic rings. The van der Waals surface area contributed by atoms with E-state index < -0.39 is 5.91 Å². The number of primary amides is 1. The van der Waals surface area contributed by atoms with Gasteiger partial charge in [-0.2, -0.15) is 0 Å². The summed E-state index contributed by atoms with van der Waals surface area (Å²) in [6.45, 7) is 1.68. The van der Waals surface area contributed by atoms with Gasteiger partial charge in [0.05, 0.1) is 12.0 Å². The summed E-state index contributed by atoms with van der Waals surface area (Å²) in [5, 5.41) is 3.45. The molecule has 7 heteroatoms. The molecule has 0 saturated carbocycles. The summed E-state index contributed by atoms with van der Waals surface area (Å²) in [6.07, 6.45) is 1.07. The number of halogens is 1. The van der Waals surface area contributed by atoms with Gasteiger partial charge in [0.1, 0.15) is 5.00 Å². The van der Waals surface area contributed by atoms with Gasteiger partial charge in [0.25, 0.3) is 5.91 Å². The largest absolute Gasteiger partial charge is 0.365 e. The number of carbonyl (C=O) groups excluding carboxylic acids is 2. The Morgan fingerprint density at radius 2 is 2.00 bits per heavy atom. The molecule has 5 nitrogen and oxygen atoms in total. The van der Waals surface area contributed by atoms with E-state index in [1.807, 2.05) is 37.4 Å². The highest BCUT2D eigenvalue weighted by Crippen LogP contribution is 2.36. The van der Waals surface area contributed by atoms with E-state index >= 15 is 0 Å². The summed E-state index contributed by atoms with van der Waals surface area (Å²) < 4.78 is 0. The number of fused-ring (bicyclic) bond motifs is 1. The van der Waals surface area contributed by atoms with Crippen molar-refractivity contribution in [3.8, 4) is 0 Å². The standard InChI is InChI=1S/C17H19N3O2S.ClH/c1-20-8-7-12-13(10-20)23-17(15(12)16(18)22)19-14(21)9-11-5-3-2-4-6-11;/h2-6H,7-10H2,1H3,(H2,18,22)(H,19,21);1H. The van der Waals surface area contributed by atoms with Gasteiger partial charge in [-0.05, 0) is 24.6 Å². The third-order valence-electron chi connectivity index (χ3n) is 3.95. The molecular formula is C17H20ClN3O2S. The molecule has 3 rings (SSSR count). The van der Waals surface area contributed by atoms with Gasteiger partial charge >= 0.3 is 0 Å². The first-order valence-electron chi connectivity index (χ1n) is 7.51. The molecule has 1 aliphatic heterocycles. The van der Waals surface area contributed by atoms with Crippen molar-refractivity contribution in [1.82, 2.24) is 4.90 Å². The zero-order valence-corrected chi connectivity index (χ0v) is 15.0. The lowest BCUT2D eigenvalue weighted by Crippen LogP contribution is -2.27. The Kier molecular flexibility index (Phi) is 5.99. The van der Waals surface area contributed by atoms with Crippen LogP contribution in [0.2, 0.25) is 0 Å². The summed E-state index contributed by atoms with van der Waals surface area (Å²) in [7, 11) is 2.04. The highest BCUT2D eigenvalue weighted by molar-refractivity contribution is 7.17. The molecule has 0 atom stereocenters. The van der Waals surface area contributed by atoms with Crippen LogP contribution in [-0.4, -0.2) is 30.3 Å². The monoisotopic (exact) mass is 365 g/mol. The maximum Gasteiger partial charge on any atom is 0.251 e. The summed E-state index contributed by atoms with van der Waals surface area (Å²) in [6, 6.07) is 9.52. The first kappa shape index (κ1) is 18.4. The number of nitrogens with zero attached hydrogens (tertiary/aromatic N) is 1. The fourth-order valence-electron chi connectivity index (χ4n) is 2.83. The van der Waals surface area contributed by atoms with Crippen LogP contribution in [0.3, 0.4) is 0 Å². The molecule has 0 unspecified atom stereocenters. The smallest absolute Gasteiger partial charge is 0.251 e. The molecule has 0 spiro atoms. The molecule has 24 heavy (non-hydrogen) atoms. The van der Waals surface area contributed by atoms with E-state index in [0.717, 1.165) is 35.5 Å². The number of rotatable bonds is 4. The fraction of sp³-hybridized carbons (Fsp3) is 0.294. The third-order valence-corrected chi connectivity index (χ3v) is 5.09. The third kappa shape index (κ3) is 3.95. The molecule has 0 fully saturated rings. The van der Waals surface area contributed by atoms with Crippen molar-refractivity contribution in [2.75, 3.05) is 18.9 Å². The Labute approximate surface area is 151 Å². The lowest BCUT2D eigenvalue weighted by atomic mass is 10.0. The van der Waals surface area contributed by atoms with Gasteiger partial charge in [0.15, 0.2) is 0 Å². The van der Waals surface area contributed by atoms with Crippen LogP contribution in [0, 0.1) is 0 Å².